The molecular weight excluding hydrogens is 399 g/mol. The number of aliphatic carboxylic acids is 1. The summed E-state index contributed by atoms with van der Waals surface area (Å²) in [7, 11) is 0. The lowest BCUT2D eigenvalue weighted by Crippen LogP contribution is -2.43. The number of rotatable bonds is 3. The first-order chi connectivity index (χ1) is 14.7. The van der Waals surface area contributed by atoms with Crippen LogP contribution in [-0.4, -0.2) is 34.2 Å². The topological polar surface area (TPSA) is 83.8 Å². The number of ether oxygens (including phenoxy) is 1. The first-order valence-electron chi connectivity index (χ1n) is 10.4. The first kappa shape index (κ1) is 19.9. The Kier molecular flexibility index (Phi) is 4.35. The molecular formula is C25H23FO5. The molecule has 2 aliphatic heterocycles. The van der Waals surface area contributed by atoms with Crippen LogP contribution in [0.3, 0.4) is 0 Å². The number of carboxylic acids is 1. The van der Waals surface area contributed by atoms with E-state index in [9.17, 15) is 24.2 Å². The van der Waals surface area contributed by atoms with Crippen LogP contribution in [0.2, 0.25) is 0 Å². The van der Waals surface area contributed by atoms with E-state index < -0.39 is 47.7 Å². The lowest BCUT2D eigenvalue weighted by Gasteiger charge is -2.32. The van der Waals surface area contributed by atoms with Gasteiger partial charge in [-0.3, -0.25) is 9.59 Å². The predicted octanol–water partition coefficient (Wildman–Crippen LogP) is 4.10. The summed E-state index contributed by atoms with van der Waals surface area (Å²) >= 11 is 0. The summed E-state index contributed by atoms with van der Waals surface area (Å²) in [5.41, 5.74) is 4.48. The molecule has 6 heteroatoms. The van der Waals surface area contributed by atoms with Gasteiger partial charge in [0.2, 0.25) is 0 Å². The van der Waals surface area contributed by atoms with Crippen LogP contribution >= 0.6 is 0 Å². The fourth-order valence-corrected chi connectivity index (χ4v) is 6.08. The van der Waals surface area contributed by atoms with Crippen LogP contribution in [0, 0.1) is 44.3 Å². The van der Waals surface area contributed by atoms with Gasteiger partial charge in [0, 0.05) is 5.92 Å². The van der Waals surface area contributed by atoms with Crippen molar-refractivity contribution in [2.45, 2.75) is 38.9 Å². The fraction of sp³-hybridized carbons (Fsp3) is 0.360. The molecule has 2 aromatic carbocycles. The summed E-state index contributed by atoms with van der Waals surface area (Å²) in [6.45, 7) is 5.79. The van der Waals surface area contributed by atoms with E-state index in [1.807, 2.05) is 32.9 Å². The van der Waals surface area contributed by atoms with E-state index in [-0.39, 0.29) is 17.1 Å². The minimum atomic E-state index is -1.04. The molecule has 0 radical (unpaired) electrons. The normalized spacial score (nSPS) is 31.4. The number of ketones is 1. The maximum Gasteiger partial charge on any atom is 0.309 e. The third kappa shape index (κ3) is 2.71. The average molecular weight is 422 g/mol. The summed E-state index contributed by atoms with van der Waals surface area (Å²) in [6, 6.07) is 9.61. The number of hydrogen-bond donors (Lipinski definition) is 2. The molecule has 31 heavy (non-hydrogen) atoms. The number of allylic oxidation sites excluding steroid dienone is 1. The van der Waals surface area contributed by atoms with E-state index in [0.717, 1.165) is 16.7 Å². The molecule has 5 nitrogen and oxygen atoms in total. The molecule has 2 saturated heterocycles. The summed E-state index contributed by atoms with van der Waals surface area (Å²) < 4.78 is 19.5. The van der Waals surface area contributed by atoms with Crippen LogP contribution in [0.1, 0.15) is 33.7 Å². The number of carbonyl (C=O) groups excluding carboxylic acids is 1. The molecule has 6 atom stereocenters. The molecule has 0 spiro atoms. The zero-order chi connectivity index (χ0) is 22.2. The molecule has 2 N–H and O–H groups in total. The van der Waals surface area contributed by atoms with Crippen molar-refractivity contribution in [3.05, 3.63) is 75.8 Å². The number of halogens is 1. The monoisotopic (exact) mass is 422 g/mol. The lowest BCUT2D eigenvalue weighted by molar-refractivity contribution is -0.145. The SMILES string of the molecule is Cc1cc(C)c(C2=C(O)[C@H]3[C@H]4O[C@@H]([C@H]3C2=O)[C@H](c2ccc(F)cc2)[C@@H]4C(=O)O)c(C)c1. The number of carbonyl (C=O) groups is 2. The maximum absolute atomic E-state index is 13.6. The largest absolute Gasteiger partial charge is 0.511 e. The molecule has 2 heterocycles. The quantitative estimate of drug-likeness (QED) is 0.778. The van der Waals surface area contributed by atoms with Crippen molar-refractivity contribution in [1.29, 1.82) is 0 Å². The second kappa shape index (κ2) is 6.76. The van der Waals surface area contributed by atoms with Crippen molar-refractivity contribution in [3.8, 4) is 0 Å². The van der Waals surface area contributed by atoms with E-state index in [2.05, 4.69) is 0 Å². The molecule has 0 amide bonds. The Morgan fingerprint density at radius 1 is 0.968 bits per heavy atom. The average Bonchev–Trinajstić information content (AvgIpc) is 3.33. The van der Waals surface area contributed by atoms with Crippen molar-refractivity contribution >= 4 is 17.3 Å². The van der Waals surface area contributed by atoms with E-state index in [4.69, 9.17) is 4.74 Å². The Balaban J connectivity index is 1.61. The van der Waals surface area contributed by atoms with Gasteiger partial charge in [-0.25, -0.2) is 4.39 Å². The van der Waals surface area contributed by atoms with Gasteiger partial charge in [0.05, 0.1) is 35.5 Å². The highest BCUT2D eigenvalue weighted by Crippen LogP contribution is 2.60. The van der Waals surface area contributed by atoms with Gasteiger partial charge in [0.15, 0.2) is 5.78 Å². The number of Topliss-reactive ketones (excluding diaryl/α,β-unsaturated/α-hetero) is 1. The number of fused-ring (bicyclic) bond motifs is 5. The number of aliphatic hydroxyl groups is 1. The standard InChI is InChI=1S/C25H23FO5/c1-10-8-11(2)15(12(3)9-10)17-21(27)18-19(22(17)28)24-20(25(29)30)16(23(18)31-24)13-4-6-14(26)7-5-13/h4-9,16,18-20,23-24,28H,1-3H3,(H,29,30)/t16-,18-,19+,20+,23-,24-/m1/s1. The van der Waals surface area contributed by atoms with E-state index in [1.165, 1.54) is 12.1 Å². The van der Waals surface area contributed by atoms with Crippen molar-refractivity contribution in [2.24, 2.45) is 17.8 Å². The highest BCUT2D eigenvalue weighted by atomic mass is 19.1. The van der Waals surface area contributed by atoms with Crippen LogP contribution in [0.15, 0.2) is 42.2 Å². The zero-order valence-electron chi connectivity index (χ0n) is 17.4. The minimum Gasteiger partial charge on any atom is -0.511 e. The third-order valence-electron chi connectivity index (χ3n) is 7.09. The third-order valence-corrected chi connectivity index (χ3v) is 7.09. The van der Waals surface area contributed by atoms with Crippen LogP contribution in [-0.2, 0) is 14.3 Å². The molecule has 2 aromatic rings. The second-order valence-corrected chi connectivity index (χ2v) is 8.96. The fourth-order valence-electron chi connectivity index (χ4n) is 6.08. The van der Waals surface area contributed by atoms with Crippen molar-refractivity contribution in [3.63, 3.8) is 0 Å². The molecule has 0 saturated carbocycles. The summed E-state index contributed by atoms with van der Waals surface area (Å²) in [4.78, 5) is 25.8. The minimum absolute atomic E-state index is 0.0682. The second-order valence-electron chi connectivity index (χ2n) is 8.96. The van der Waals surface area contributed by atoms with Crippen molar-refractivity contribution < 1.29 is 28.9 Å². The van der Waals surface area contributed by atoms with Crippen LogP contribution in [0.5, 0.6) is 0 Å². The number of carboxylic acid groups (broad SMARTS) is 1. The molecule has 2 bridgehead atoms. The summed E-state index contributed by atoms with van der Waals surface area (Å²) in [5, 5.41) is 21.1. The number of aryl methyl sites for hydroxylation is 3. The Labute approximate surface area is 179 Å². The van der Waals surface area contributed by atoms with Gasteiger partial charge in [-0.1, -0.05) is 29.8 Å². The lowest BCUT2D eigenvalue weighted by atomic mass is 9.66. The van der Waals surface area contributed by atoms with E-state index in [1.54, 1.807) is 12.1 Å². The molecule has 3 aliphatic rings. The number of aliphatic hydroxyl groups excluding tert-OH is 1. The van der Waals surface area contributed by atoms with Gasteiger partial charge in [0.25, 0.3) is 0 Å². The van der Waals surface area contributed by atoms with Crippen LogP contribution in [0.25, 0.3) is 5.57 Å². The molecule has 2 fully saturated rings. The smallest absolute Gasteiger partial charge is 0.309 e. The molecule has 0 aromatic heterocycles. The highest BCUT2D eigenvalue weighted by Gasteiger charge is 2.68. The number of hydrogen-bond acceptors (Lipinski definition) is 4. The maximum atomic E-state index is 13.6. The molecule has 1 aliphatic carbocycles. The first-order valence-corrected chi connectivity index (χ1v) is 10.4. The Bertz CT molecular complexity index is 1130. The predicted molar refractivity (Wildman–Crippen MR) is 111 cm³/mol. The zero-order valence-corrected chi connectivity index (χ0v) is 17.4. The Morgan fingerprint density at radius 3 is 2.16 bits per heavy atom. The molecule has 5 rings (SSSR count). The van der Waals surface area contributed by atoms with Crippen LogP contribution in [0.4, 0.5) is 4.39 Å². The molecule has 0 unspecified atom stereocenters. The van der Waals surface area contributed by atoms with Gasteiger partial charge in [0.1, 0.15) is 11.6 Å². The van der Waals surface area contributed by atoms with Gasteiger partial charge in [-0.15, -0.1) is 0 Å². The molecule has 160 valence electrons. The Morgan fingerprint density at radius 2 is 1.58 bits per heavy atom. The van der Waals surface area contributed by atoms with E-state index >= 15 is 0 Å². The van der Waals surface area contributed by atoms with Gasteiger partial charge in [-0.2, -0.15) is 0 Å². The highest BCUT2D eigenvalue weighted by molar-refractivity contribution is 6.26. The van der Waals surface area contributed by atoms with E-state index in [0.29, 0.717) is 11.1 Å². The van der Waals surface area contributed by atoms with Gasteiger partial charge < -0.3 is 14.9 Å². The Hall–Kier alpha value is -2.99. The van der Waals surface area contributed by atoms with Gasteiger partial charge in [-0.05, 0) is 55.2 Å². The van der Waals surface area contributed by atoms with Crippen molar-refractivity contribution in [2.75, 3.05) is 0 Å². The van der Waals surface area contributed by atoms with Gasteiger partial charge >= 0.3 is 5.97 Å². The summed E-state index contributed by atoms with van der Waals surface area (Å²) in [5.74, 6) is -4.57. The van der Waals surface area contributed by atoms with Crippen LogP contribution < -0.4 is 0 Å². The summed E-state index contributed by atoms with van der Waals surface area (Å²) in [6.07, 6.45) is -1.49. The number of benzene rings is 2. The van der Waals surface area contributed by atoms with Crippen molar-refractivity contribution in [1.82, 2.24) is 0 Å².